The molecule has 0 bridgehead atoms. The lowest BCUT2D eigenvalue weighted by Crippen LogP contribution is -2.48. The molecule has 2 aliphatic heterocycles. The largest absolute Gasteiger partial charge is 0.460 e. The van der Waals surface area contributed by atoms with Gasteiger partial charge in [0, 0.05) is 31.9 Å². The highest BCUT2D eigenvalue weighted by atomic mass is 16.6. The Kier molecular flexibility index (Phi) is 6.38. The van der Waals surface area contributed by atoms with Crippen molar-refractivity contribution in [2.45, 2.75) is 58.1 Å². The molecular formula is C22H36N4O2. The van der Waals surface area contributed by atoms with Gasteiger partial charge in [-0.25, -0.2) is 0 Å². The Hall–Kier alpha value is -1.95. The Balaban J connectivity index is 1.48. The summed E-state index contributed by atoms with van der Waals surface area (Å²) in [5.74, 6) is 0.0379. The van der Waals surface area contributed by atoms with Crippen LogP contribution in [0, 0.1) is 5.92 Å². The second-order valence-corrected chi connectivity index (χ2v) is 9.08. The molecule has 1 aromatic carbocycles. The summed E-state index contributed by atoms with van der Waals surface area (Å²) in [6.45, 7) is 9.94. The van der Waals surface area contributed by atoms with Gasteiger partial charge >= 0.3 is 5.97 Å². The number of carbonyl (C=O) groups is 1. The van der Waals surface area contributed by atoms with Crippen molar-refractivity contribution in [2.75, 3.05) is 49.2 Å². The first-order valence-electron chi connectivity index (χ1n) is 10.6. The third kappa shape index (κ3) is 5.10. The van der Waals surface area contributed by atoms with Gasteiger partial charge in [-0.05, 0) is 77.7 Å². The minimum atomic E-state index is -0.393. The molecule has 3 rings (SSSR count). The molecule has 1 aromatic rings. The van der Waals surface area contributed by atoms with Gasteiger partial charge in [-0.15, -0.1) is 0 Å². The van der Waals surface area contributed by atoms with E-state index in [0.717, 1.165) is 63.2 Å². The first kappa shape index (κ1) is 20.8. The molecule has 2 saturated heterocycles. The standard InChI is InChI=1S/C22H36N4O2/c1-22(2,3)28-21(27)16-7-11-25(12-8-16)17-9-13-26(14-10-17)18-5-6-19(23)20(15-18)24-4/h5-6,15-17,24H,7-14,23H2,1-4H3. The molecule has 2 heterocycles. The molecule has 2 fully saturated rings. The molecule has 0 aromatic heterocycles. The molecule has 156 valence electrons. The zero-order valence-corrected chi connectivity index (χ0v) is 17.8. The summed E-state index contributed by atoms with van der Waals surface area (Å²) in [5.41, 5.74) is 8.61. The van der Waals surface area contributed by atoms with Crippen molar-refractivity contribution in [2.24, 2.45) is 5.92 Å². The summed E-state index contributed by atoms with van der Waals surface area (Å²) >= 11 is 0. The highest BCUT2D eigenvalue weighted by molar-refractivity contribution is 5.73. The Labute approximate surface area is 169 Å². The van der Waals surface area contributed by atoms with E-state index in [4.69, 9.17) is 10.5 Å². The average molecular weight is 389 g/mol. The van der Waals surface area contributed by atoms with Crippen LogP contribution in [0.25, 0.3) is 0 Å². The summed E-state index contributed by atoms with van der Waals surface area (Å²) in [6.07, 6.45) is 4.16. The monoisotopic (exact) mass is 388 g/mol. The highest BCUT2D eigenvalue weighted by Gasteiger charge is 2.32. The molecule has 0 amide bonds. The lowest BCUT2D eigenvalue weighted by molar-refractivity contribution is -0.161. The van der Waals surface area contributed by atoms with Crippen LogP contribution in [0.5, 0.6) is 0 Å². The molecule has 0 atom stereocenters. The van der Waals surface area contributed by atoms with Crippen LogP contribution in [0.2, 0.25) is 0 Å². The molecule has 0 spiro atoms. The van der Waals surface area contributed by atoms with Crippen LogP contribution in [-0.4, -0.2) is 55.7 Å². The summed E-state index contributed by atoms with van der Waals surface area (Å²) in [4.78, 5) is 17.3. The minimum absolute atomic E-state index is 0.0225. The van der Waals surface area contributed by atoms with Gasteiger partial charge in [0.1, 0.15) is 5.60 Å². The van der Waals surface area contributed by atoms with Crippen LogP contribution in [0.3, 0.4) is 0 Å². The maximum atomic E-state index is 12.3. The van der Waals surface area contributed by atoms with E-state index in [2.05, 4.69) is 27.2 Å². The lowest BCUT2D eigenvalue weighted by atomic mass is 9.93. The van der Waals surface area contributed by atoms with E-state index in [1.807, 2.05) is 33.9 Å². The van der Waals surface area contributed by atoms with Crippen LogP contribution in [0.4, 0.5) is 17.1 Å². The van der Waals surface area contributed by atoms with Gasteiger partial charge in [0.15, 0.2) is 0 Å². The summed E-state index contributed by atoms with van der Waals surface area (Å²) in [5, 5.41) is 3.16. The number of nitrogens with one attached hydrogen (secondary N) is 1. The number of ether oxygens (including phenoxy) is 1. The number of rotatable bonds is 4. The quantitative estimate of drug-likeness (QED) is 0.609. The van der Waals surface area contributed by atoms with Crippen LogP contribution in [0.1, 0.15) is 46.5 Å². The second-order valence-electron chi connectivity index (χ2n) is 9.08. The SMILES string of the molecule is CNc1cc(N2CCC(N3CCC(C(=O)OC(C)(C)C)CC3)CC2)ccc1N. The summed E-state index contributed by atoms with van der Waals surface area (Å²) in [7, 11) is 1.91. The number of nitrogen functional groups attached to an aromatic ring is 1. The fourth-order valence-electron chi connectivity index (χ4n) is 4.33. The normalized spacial score (nSPS) is 20.2. The molecule has 28 heavy (non-hydrogen) atoms. The Morgan fingerprint density at radius 3 is 2.32 bits per heavy atom. The first-order valence-corrected chi connectivity index (χ1v) is 10.6. The van der Waals surface area contributed by atoms with Gasteiger partial charge in [0.2, 0.25) is 0 Å². The van der Waals surface area contributed by atoms with Crippen molar-refractivity contribution in [1.82, 2.24) is 4.90 Å². The zero-order valence-electron chi connectivity index (χ0n) is 17.8. The number of esters is 1. The van der Waals surface area contributed by atoms with Crippen molar-refractivity contribution >= 4 is 23.0 Å². The van der Waals surface area contributed by atoms with Crippen molar-refractivity contribution in [3.63, 3.8) is 0 Å². The predicted octanol–water partition coefficient (Wildman–Crippen LogP) is 3.33. The van der Waals surface area contributed by atoms with Gasteiger partial charge in [0.25, 0.3) is 0 Å². The first-order chi connectivity index (χ1) is 13.3. The smallest absolute Gasteiger partial charge is 0.309 e. The van der Waals surface area contributed by atoms with E-state index in [1.165, 1.54) is 5.69 Å². The van der Waals surface area contributed by atoms with Crippen molar-refractivity contribution in [3.8, 4) is 0 Å². The molecule has 6 heteroatoms. The van der Waals surface area contributed by atoms with Gasteiger partial charge in [-0.1, -0.05) is 0 Å². The Bertz CT molecular complexity index is 670. The predicted molar refractivity (Wildman–Crippen MR) is 116 cm³/mol. The molecule has 3 N–H and O–H groups in total. The van der Waals surface area contributed by atoms with Crippen molar-refractivity contribution in [3.05, 3.63) is 18.2 Å². The molecule has 0 aliphatic carbocycles. The summed E-state index contributed by atoms with van der Waals surface area (Å²) < 4.78 is 5.57. The number of benzene rings is 1. The van der Waals surface area contributed by atoms with Crippen LogP contribution in [0.15, 0.2) is 18.2 Å². The number of likely N-dealkylation sites (tertiary alicyclic amines) is 1. The molecule has 2 aliphatic rings. The van der Waals surface area contributed by atoms with Gasteiger partial charge < -0.3 is 25.6 Å². The van der Waals surface area contributed by atoms with E-state index < -0.39 is 5.60 Å². The molecule has 0 radical (unpaired) electrons. The maximum absolute atomic E-state index is 12.3. The number of hydrogen-bond acceptors (Lipinski definition) is 6. The van der Waals surface area contributed by atoms with Gasteiger partial charge in [-0.3, -0.25) is 4.79 Å². The minimum Gasteiger partial charge on any atom is -0.460 e. The van der Waals surface area contributed by atoms with E-state index in [0.29, 0.717) is 6.04 Å². The van der Waals surface area contributed by atoms with Gasteiger partial charge in [-0.2, -0.15) is 0 Å². The number of hydrogen-bond donors (Lipinski definition) is 2. The van der Waals surface area contributed by atoms with Crippen molar-refractivity contribution in [1.29, 1.82) is 0 Å². The van der Waals surface area contributed by atoms with E-state index in [1.54, 1.807) is 0 Å². The number of anilines is 3. The highest BCUT2D eigenvalue weighted by Crippen LogP contribution is 2.30. The van der Waals surface area contributed by atoms with Gasteiger partial charge in [0.05, 0.1) is 17.3 Å². The third-order valence-corrected chi connectivity index (χ3v) is 5.92. The third-order valence-electron chi connectivity index (χ3n) is 5.92. The fourth-order valence-corrected chi connectivity index (χ4v) is 4.33. The molecule has 6 nitrogen and oxygen atoms in total. The van der Waals surface area contributed by atoms with Crippen LogP contribution >= 0.6 is 0 Å². The molecule has 0 saturated carbocycles. The average Bonchev–Trinajstić information content (AvgIpc) is 2.67. The Morgan fingerprint density at radius 1 is 1.11 bits per heavy atom. The van der Waals surface area contributed by atoms with Crippen molar-refractivity contribution < 1.29 is 9.53 Å². The number of nitrogens with zero attached hydrogens (tertiary/aromatic N) is 2. The Morgan fingerprint density at radius 2 is 1.75 bits per heavy atom. The topological polar surface area (TPSA) is 70.8 Å². The van der Waals surface area contributed by atoms with E-state index in [9.17, 15) is 4.79 Å². The fraction of sp³-hybridized carbons (Fsp3) is 0.682. The van der Waals surface area contributed by atoms with Crippen LogP contribution in [-0.2, 0) is 9.53 Å². The maximum Gasteiger partial charge on any atom is 0.309 e. The van der Waals surface area contributed by atoms with E-state index >= 15 is 0 Å². The molecular weight excluding hydrogens is 352 g/mol. The lowest BCUT2D eigenvalue weighted by Gasteiger charge is -2.42. The number of nitrogens with two attached hydrogens (primary N) is 1. The second kappa shape index (κ2) is 8.60. The van der Waals surface area contributed by atoms with Crippen LogP contribution < -0.4 is 16.0 Å². The zero-order chi connectivity index (χ0) is 20.3. The molecule has 0 unspecified atom stereocenters. The number of carbonyl (C=O) groups excluding carboxylic acids is 1. The van der Waals surface area contributed by atoms with E-state index in [-0.39, 0.29) is 11.9 Å². The summed E-state index contributed by atoms with van der Waals surface area (Å²) in [6, 6.07) is 6.85. The number of piperidine rings is 2.